The highest BCUT2D eigenvalue weighted by Gasteiger charge is 2.56. The zero-order valence-corrected chi connectivity index (χ0v) is 24.7. The highest BCUT2D eigenvalue weighted by Crippen LogP contribution is 2.56. The van der Waals surface area contributed by atoms with Crippen molar-refractivity contribution >= 4 is 51.8 Å². The quantitative estimate of drug-likeness (QED) is 0.159. The van der Waals surface area contributed by atoms with Crippen molar-refractivity contribution in [3.63, 3.8) is 0 Å². The molecule has 1 aliphatic heterocycles. The van der Waals surface area contributed by atoms with Crippen LogP contribution in [0.3, 0.4) is 0 Å². The van der Waals surface area contributed by atoms with E-state index in [2.05, 4.69) is 4.98 Å². The van der Waals surface area contributed by atoms with Crippen molar-refractivity contribution < 1.29 is 28.7 Å². The molecule has 45 heavy (non-hydrogen) atoms. The van der Waals surface area contributed by atoms with Crippen molar-refractivity contribution in [2.24, 2.45) is 17.8 Å². The van der Waals surface area contributed by atoms with Crippen molar-refractivity contribution in [1.29, 1.82) is 0 Å². The van der Waals surface area contributed by atoms with Gasteiger partial charge in [0.15, 0.2) is 17.1 Å². The second-order valence-corrected chi connectivity index (χ2v) is 12.4. The van der Waals surface area contributed by atoms with Crippen LogP contribution in [0.1, 0.15) is 31.2 Å². The highest BCUT2D eigenvalue weighted by atomic mass is 35.5. The van der Waals surface area contributed by atoms with E-state index in [0.717, 1.165) is 11.1 Å². The monoisotopic (exact) mass is 616 g/mol. The first kappa shape index (κ1) is 27.5. The Morgan fingerprint density at radius 2 is 1.73 bits per heavy atom. The molecule has 0 unspecified atom stereocenters. The fourth-order valence-electron chi connectivity index (χ4n) is 7.47. The maximum absolute atomic E-state index is 14.2. The van der Waals surface area contributed by atoms with E-state index in [-0.39, 0.29) is 40.6 Å². The summed E-state index contributed by atoms with van der Waals surface area (Å²) in [7, 11) is 0. The molecule has 8 rings (SSSR count). The summed E-state index contributed by atoms with van der Waals surface area (Å²) in [6.07, 6.45) is 3.77. The molecule has 0 spiro atoms. The fourth-order valence-corrected chi connectivity index (χ4v) is 7.75. The number of phenols is 1. The Bertz CT molecular complexity index is 2070. The van der Waals surface area contributed by atoms with Gasteiger partial charge < -0.3 is 9.52 Å². The minimum atomic E-state index is -0.712. The average Bonchev–Trinajstić information content (AvgIpc) is 3.58. The molecule has 2 amide bonds. The van der Waals surface area contributed by atoms with Gasteiger partial charge in [-0.1, -0.05) is 41.4 Å². The van der Waals surface area contributed by atoms with Gasteiger partial charge >= 0.3 is 0 Å². The number of aromatic nitrogens is 1. The van der Waals surface area contributed by atoms with E-state index in [4.69, 9.17) is 16.0 Å². The largest absolute Gasteiger partial charge is 0.508 e. The Balaban J connectivity index is 1.17. The number of carbonyl (C=O) groups is 4. The van der Waals surface area contributed by atoms with Gasteiger partial charge in [-0.2, -0.15) is 0 Å². The Labute approximate surface area is 262 Å². The maximum Gasteiger partial charge on any atom is 0.238 e. The van der Waals surface area contributed by atoms with Crippen molar-refractivity contribution in [2.45, 2.75) is 25.7 Å². The average molecular weight is 617 g/mol. The summed E-state index contributed by atoms with van der Waals surface area (Å²) in [4.78, 5) is 60.7. The van der Waals surface area contributed by atoms with Gasteiger partial charge in [-0.05, 0) is 85.9 Å². The number of rotatable bonds is 3. The molecule has 222 valence electrons. The highest BCUT2D eigenvalue weighted by molar-refractivity contribution is 6.32. The molecule has 3 aliphatic carbocycles. The van der Waals surface area contributed by atoms with E-state index >= 15 is 0 Å². The van der Waals surface area contributed by atoms with Gasteiger partial charge in [0, 0.05) is 33.2 Å². The summed E-state index contributed by atoms with van der Waals surface area (Å²) < 4.78 is 5.88. The number of aromatic hydroxyl groups is 1. The number of nitrogens with zero attached hydrogens (tertiary/aromatic N) is 2. The van der Waals surface area contributed by atoms with Crippen LogP contribution in [0.4, 0.5) is 5.69 Å². The minimum absolute atomic E-state index is 0.0283. The molecule has 9 heteroatoms. The van der Waals surface area contributed by atoms with Gasteiger partial charge in [0.2, 0.25) is 17.7 Å². The molecular formula is C36H25ClN2O6. The predicted octanol–water partition coefficient (Wildman–Crippen LogP) is 6.49. The van der Waals surface area contributed by atoms with Crippen LogP contribution in [0.2, 0.25) is 5.02 Å². The first-order chi connectivity index (χ1) is 21.7. The second kappa shape index (κ2) is 9.97. The van der Waals surface area contributed by atoms with Gasteiger partial charge in [0.05, 0.1) is 17.5 Å². The number of ketones is 2. The number of fused-ring (bicyclic) bond motifs is 4. The summed E-state index contributed by atoms with van der Waals surface area (Å²) in [6.45, 7) is 1.61. The van der Waals surface area contributed by atoms with Crippen LogP contribution >= 0.6 is 11.6 Å². The van der Waals surface area contributed by atoms with Crippen LogP contribution in [0, 0.1) is 17.8 Å². The first-order valence-corrected chi connectivity index (χ1v) is 15.1. The number of imide groups is 1. The van der Waals surface area contributed by atoms with E-state index in [1.807, 2.05) is 30.3 Å². The standard InChI is InChI=1S/C36H25ClN2O6/c1-17-14-28(41)25-16-24-21(30(32(25)33(17)42)22-11-10-20(40)15-26(22)37)12-13-23-31(24)36(44)39(35(23)43)19-8-6-18(7-9-19)34-38-27-4-2-3-5-29(27)45-34/h2-12,14-15,23-24,30-31,40H,13,16H2,1H3/t23-,24+,30+,31-/m0/s1. The minimum Gasteiger partial charge on any atom is -0.508 e. The summed E-state index contributed by atoms with van der Waals surface area (Å²) in [5.74, 6) is -3.22. The molecule has 0 saturated carbocycles. The number of para-hydroxylation sites is 2. The van der Waals surface area contributed by atoms with Crippen LogP contribution in [0.15, 0.2) is 106 Å². The molecule has 4 aromatic rings. The number of allylic oxidation sites excluding steroid dienone is 6. The Morgan fingerprint density at radius 3 is 2.49 bits per heavy atom. The van der Waals surface area contributed by atoms with E-state index in [1.54, 1.807) is 37.3 Å². The molecular weight excluding hydrogens is 592 g/mol. The number of amides is 2. The number of carbonyl (C=O) groups excluding carboxylic acids is 4. The van der Waals surface area contributed by atoms with Gasteiger partial charge in [-0.15, -0.1) is 0 Å². The SMILES string of the molecule is CC1=CC(=O)C2=C(C1=O)[C@@H](c1ccc(O)cc1Cl)C1=CC[C@@H]3C(=O)N(c4ccc(-c5nc6ccccc6o5)cc4)C(=O)[C@@H]3[C@@H]1C2. The molecule has 1 N–H and O–H groups in total. The third kappa shape index (κ3) is 4.09. The number of anilines is 1. The van der Waals surface area contributed by atoms with Crippen molar-refractivity contribution in [3.8, 4) is 17.2 Å². The number of oxazole rings is 1. The third-order valence-electron chi connectivity index (χ3n) is 9.53. The van der Waals surface area contributed by atoms with Crippen molar-refractivity contribution in [2.75, 3.05) is 4.90 Å². The van der Waals surface area contributed by atoms with Gasteiger partial charge in [0.25, 0.3) is 0 Å². The Morgan fingerprint density at radius 1 is 0.956 bits per heavy atom. The Hall–Kier alpha value is -5.08. The second-order valence-electron chi connectivity index (χ2n) is 12.0. The lowest BCUT2D eigenvalue weighted by Crippen LogP contribution is -2.39. The first-order valence-electron chi connectivity index (χ1n) is 14.7. The summed E-state index contributed by atoms with van der Waals surface area (Å²) in [6, 6.07) is 19.0. The lowest BCUT2D eigenvalue weighted by Gasteiger charge is -2.42. The van der Waals surface area contributed by atoms with E-state index in [9.17, 15) is 24.3 Å². The van der Waals surface area contributed by atoms with E-state index in [1.165, 1.54) is 23.1 Å². The van der Waals surface area contributed by atoms with Crippen LogP contribution in [-0.2, 0) is 19.2 Å². The number of hydrogen-bond donors (Lipinski definition) is 1. The molecule has 1 aromatic heterocycles. The van der Waals surface area contributed by atoms with Crippen LogP contribution in [0.25, 0.3) is 22.6 Å². The van der Waals surface area contributed by atoms with E-state index < -0.39 is 23.7 Å². The molecule has 8 nitrogen and oxygen atoms in total. The van der Waals surface area contributed by atoms with Crippen molar-refractivity contribution in [3.05, 3.63) is 112 Å². The van der Waals surface area contributed by atoms with Gasteiger partial charge in [-0.25, -0.2) is 4.98 Å². The zero-order valence-electron chi connectivity index (χ0n) is 24.0. The van der Waals surface area contributed by atoms with Crippen molar-refractivity contribution in [1.82, 2.24) is 4.98 Å². The molecule has 1 saturated heterocycles. The molecule has 2 heterocycles. The molecule has 0 bridgehead atoms. The zero-order chi connectivity index (χ0) is 31.1. The molecule has 3 aromatic carbocycles. The topological polar surface area (TPSA) is 118 Å². The molecule has 0 radical (unpaired) electrons. The van der Waals surface area contributed by atoms with Crippen LogP contribution in [0.5, 0.6) is 5.75 Å². The smallest absolute Gasteiger partial charge is 0.238 e. The molecule has 4 atom stereocenters. The normalized spacial score (nSPS) is 24.4. The number of benzene rings is 3. The lowest BCUT2D eigenvalue weighted by atomic mass is 9.59. The summed E-state index contributed by atoms with van der Waals surface area (Å²) >= 11 is 6.63. The number of halogens is 1. The van der Waals surface area contributed by atoms with Gasteiger partial charge in [-0.3, -0.25) is 24.1 Å². The molecule has 1 fully saturated rings. The van der Waals surface area contributed by atoms with Gasteiger partial charge in [0.1, 0.15) is 11.3 Å². The summed E-state index contributed by atoms with van der Waals surface area (Å²) in [5, 5.41) is 10.3. The number of hydrogen-bond acceptors (Lipinski definition) is 7. The number of phenolic OH excluding ortho intramolecular Hbond substituents is 1. The van der Waals surface area contributed by atoms with E-state index in [0.29, 0.717) is 51.4 Å². The number of Topliss-reactive ketones (excluding diaryl/α,β-unsaturated/α-hetero) is 1. The third-order valence-corrected chi connectivity index (χ3v) is 9.85. The van der Waals surface area contributed by atoms with Crippen LogP contribution in [-0.4, -0.2) is 33.5 Å². The fraction of sp³-hybridized carbons (Fsp3) is 0.194. The van der Waals surface area contributed by atoms with Crippen LogP contribution < -0.4 is 4.90 Å². The lowest BCUT2D eigenvalue weighted by molar-refractivity contribution is -0.123. The maximum atomic E-state index is 14.2. The summed E-state index contributed by atoms with van der Waals surface area (Å²) in [5.41, 5.74) is 4.96. The molecule has 4 aliphatic rings. The predicted molar refractivity (Wildman–Crippen MR) is 166 cm³/mol. The Kier molecular flexibility index (Phi) is 6.09.